The van der Waals surface area contributed by atoms with Gasteiger partial charge in [-0.3, -0.25) is 0 Å². The van der Waals surface area contributed by atoms with Gasteiger partial charge in [-0.2, -0.15) is 11.3 Å². The van der Waals surface area contributed by atoms with Gasteiger partial charge in [-0.15, -0.1) is 0 Å². The molecule has 1 rings (SSSR count). The number of guanidine groups is 1. The van der Waals surface area contributed by atoms with Crippen molar-refractivity contribution in [1.82, 2.24) is 10.6 Å². The summed E-state index contributed by atoms with van der Waals surface area (Å²) in [5.41, 5.74) is -0.0721. The highest BCUT2D eigenvalue weighted by molar-refractivity contribution is 7.08. The van der Waals surface area contributed by atoms with Gasteiger partial charge < -0.3 is 25.2 Å². The Morgan fingerprint density at radius 2 is 2.18 bits per heavy atom. The van der Waals surface area contributed by atoms with Crippen LogP contribution in [0.2, 0.25) is 0 Å². The Bertz CT molecular complexity index is 422. The summed E-state index contributed by atoms with van der Waals surface area (Å²) in [5.74, 6) is 0.674. The fourth-order valence-electron chi connectivity index (χ4n) is 1.72. The lowest BCUT2D eigenvalue weighted by atomic mass is 10.00. The number of ether oxygens (including phenoxy) is 2. The van der Waals surface area contributed by atoms with Crippen molar-refractivity contribution in [3.05, 3.63) is 22.4 Å². The van der Waals surface area contributed by atoms with Crippen LogP contribution >= 0.6 is 11.3 Å². The summed E-state index contributed by atoms with van der Waals surface area (Å²) in [6.07, 6.45) is 0. The number of hydrogen-bond donors (Lipinski definition) is 3. The summed E-state index contributed by atoms with van der Waals surface area (Å²) in [6, 6.07) is 1.92. The zero-order valence-electron chi connectivity index (χ0n) is 13.6. The molecule has 0 aliphatic heterocycles. The van der Waals surface area contributed by atoms with Crippen LogP contribution in [0.5, 0.6) is 0 Å². The maximum atomic E-state index is 10.5. The summed E-state index contributed by atoms with van der Waals surface area (Å²) in [5, 5.41) is 20.7. The third kappa shape index (κ3) is 7.22. The molecule has 1 heterocycles. The first-order valence-corrected chi connectivity index (χ1v) is 8.38. The van der Waals surface area contributed by atoms with E-state index in [4.69, 9.17) is 9.47 Å². The van der Waals surface area contributed by atoms with E-state index in [9.17, 15) is 5.11 Å². The van der Waals surface area contributed by atoms with Crippen LogP contribution in [0.4, 0.5) is 0 Å². The standard InChI is InChI=1S/C15H27N3O3S/c1-4-16-14(17-6-7-21-9-8-20-3)18-12-15(2,19)13-5-10-22-11-13/h5,10-11,19H,4,6-9,12H2,1-3H3,(H2,16,17,18). The van der Waals surface area contributed by atoms with Gasteiger partial charge in [0.25, 0.3) is 0 Å². The van der Waals surface area contributed by atoms with Crippen molar-refractivity contribution in [2.75, 3.05) is 46.6 Å². The van der Waals surface area contributed by atoms with E-state index in [2.05, 4.69) is 15.6 Å². The molecule has 0 amide bonds. The topological polar surface area (TPSA) is 75.1 Å². The molecule has 0 saturated heterocycles. The van der Waals surface area contributed by atoms with Crippen molar-refractivity contribution in [1.29, 1.82) is 0 Å². The average molecular weight is 329 g/mol. The molecule has 1 aromatic heterocycles. The molecule has 0 bridgehead atoms. The number of nitrogens with one attached hydrogen (secondary N) is 2. The molecular formula is C15H27N3O3S. The Hall–Kier alpha value is -1.15. The van der Waals surface area contributed by atoms with Crippen molar-refractivity contribution >= 4 is 17.3 Å². The second kappa shape index (κ2) is 10.6. The first-order valence-electron chi connectivity index (χ1n) is 7.44. The Morgan fingerprint density at radius 3 is 2.82 bits per heavy atom. The molecule has 1 unspecified atom stereocenters. The van der Waals surface area contributed by atoms with Gasteiger partial charge in [-0.05, 0) is 36.2 Å². The molecule has 6 nitrogen and oxygen atoms in total. The molecule has 126 valence electrons. The first-order chi connectivity index (χ1) is 10.6. The van der Waals surface area contributed by atoms with Crippen LogP contribution in [0, 0.1) is 0 Å². The minimum atomic E-state index is -0.961. The number of nitrogens with zero attached hydrogens (tertiary/aromatic N) is 1. The summed E-state index contributed by atoms with van der Waals surface area (Å²) < 4.78 is 10.3. The van der Waals surface area contributed by atoms with Crippen LogP contribution in [0.15, 0.2) is 21.8 Å². The first kappa shape index (κ1) is 18.9. The van der Waals surface area contributed by atoms with Gasteiger partial charge in [0.05, 0.1) is 26.4 Å². The molecule has 0 spiro atoms. The third-order valence-electron chi connectivity index (χ3n) is 3.00. The van der Waals surface area contributed by atoms with Crippen LogP contribution in [0.3, 0.4) is 0 Å². The maximum Gasteiger partial charge on any atom is 0.191 e. The minimum absolute atomic E-state index is 0.295. The molecule has 0 aliphatic carbocycles. The zero-order chi connectivity index (χ0) is 16.3. The van der Waals surface area contributed by atoms with Crippen LogP contribution in [-0.2, 0) is 15.1 Å². The second-order valence-electron chi connectivity index (χ2n) is 5.01. The molecule has 22 heavy (non-hydrogen) atoms. The molecule has 0 aliphatic rings. The van der Waals surface area contributed by atoms with E-state index < -0.39 is 5.60 Å². The summed E-state index contributed by atoms with van der Waals surface area (Å²) in [6.45, 7) is 7.24. The zero-order valence-corrected chi connectivity index (χ0v) is 14.4. The molecule has 0 fully saturated rings. The average Bonchev–Trinajstić information content (AvgIpc) is 3.03. The number of methoxy groups -OCH3 is 1. The van der Waals surface area contributed by atoms with E-state index in [1.807, 2.05) is 23.8 Å². The van der Waals surface area contributed by atoms with Crippen molar-refractivity contribution in [3.8, 4) is 0 Å². The smallest absolute Gasteiger partial charge is 0.191 e. The highest BCUT2D eigenvalue weighted by atomic mass is 32.1. The summed E-state index contributed by atoms with van der Waals surface area (Å²) >= 11 is 1.57. The number of rotatable bonds is 10. The van der Waals surface area contributed by atoms with Gasteiger partial charge in [0.15, 0.2) is 5.96 Å². The minimum Gasteiger partial charge on any atom is -0.383 e. The number of aliphatic imine (C=N–C) groups is 1. The van der Waals surface area contributed by atoms with Crippen molar-refractivity contribution in [3.63, 3.8) is 0 Å². The van der Waals surface area contributed by atoms with Gasteiger partial charge in [0.1, 0.15) is 5.60 Å². The van der Waals surface area contributed by atoms with Gasteiger partial charge in [-0.1, -0.05) is 0 Å². The Labute approximate surface area is 136 Å². The van der Waals surface area contributed by atoms with Gasteiger partial charge in [0, 0.05) is 20.2 Å². The highest BCUT2D eigenvalue weighted by Gasteiger charge is 2.23. The molecule has 0 saturated carbocycles. The predicted octanol–water partition coefficient (Wildman–Crippen LogP) is 1.17. The fraction of sp³-hybridized carbons (Fsp3) is 0.667. The van der Waals surface area contributed by atoms with E-state index >= 15 is 0 Å². The van der Waals surface area contributed by atoms with Crippen molar-refractivity contribution in [2.24, 2.45) is 4.99 Å². The molecule has 0 aromatic carbocycles. The molecule has 0 radical (unpaired) electrons. The van der Waals surface area contributed by atoms with E-state index in [0.717, 1.165) is 12.1 Å². The van der Waals surface area contributed by atoms with E-state index in [1.165, 1.54) is 0 Å². The van der Waals surface area contributed by atoms with Crippen LogP contribution in [-0.4, -0.2) is 57.6 Å². The van der Waals surface area contributed by atoms with Crippen molar-refractivity contribution < 1.29 is 14.6 Å². The highest BCUT2D eigenvalue weighted by Crippen LogP contribution is 2.23. The molecule has 7 heteroatoms. The van der Waals surface area contributed by atoms with Crippen LogP contribution in [0.25, 0.3) is 0 Å². The Kier molecular flexibility index (Phi) is 9.07. The molecule has 1 aromatic rings. The summed E-state index contributed by atoms with van der Waals surface area (Å²) in [7, 11) is 1.65. The van der Waals surface area contributed by atoms with Crippen molar-refractivity contribution in [2.45, 2.75) is 19.4 Å². The predicted molar refractivity (Wildman–Crippen MR) is 90.6 cm³/mol. The SMILES string of the molecule is CCNC(=NCC(C)(O)c1ccsc1)NCCOCCOC. The van der Waals surface area contributed by atoms with Gasteiger partial charge >= 0.3 is 0 Å². The number of hydrogen-bond acceptors (Lipinski definition) is 5. The maximum absolute atomic E-state index is 10.5. The van der Waals surface area contributed by atoms with E-state index in [-0.39, 0.29) is 0 Å². The van der Waals surface area contributed by atoms with Gasteiger partial charge in [0.2, 0.25) is 0 Å². The van der Waals surface area contributed by atoms with E-state index in [0.29, 0.717) is 38.9 Å². The number of aliphatic hydroxyl groups is 1. The molecule has 1 atom stereocenters. The Morgan fingerprint density at radius 1 is 1.36 bits per heavy atom. The largest absolute Gasteiger partial charge is 0.383 e. The lowest BCUT2D eigenvalue weighted by Gasteiger charge is -2.21. The normalized spacial score (nSPS) is 14.6. The third-order valence-corrected chi connectivity index (χ3v) is 3.69. The molecule has 3 N–H and O–H groups in total. The fourth-order valence-corrected chi connectivity index (χ4v) is 2.51. The lowest BCUT2D eigenvalue weighted by molar-refractivity contribution is 0.0674. The quantitative estimate of drug-likeness (QED) is 0.341. The van der Waals surface area contributed by atoms with Crippen LogP contribution in [0.1, 0.15) is 19.4 Å². The Balaban J connectivity index is 2.41. The number of thiophene rings is 1. The van der Waals surface area contributed by atoms with Crippen LogP contribution < -0.4 is 10.6 Å². The monoisotopic (exact) mass is 329 g/mol. The lowest BCUT2D eigenvalue weighted by Crippen LogP contribution is -2.40. The van der Waals surface area contributed by atoms with E-state index in [1.54, 1.807) is 25.4 Å². The molecular weight excluding hydrogens is 302 g/mol. The summed E-state index contributed by atoms with van der Waals surface area (Å²) in [4.78, 5) is 4.44. The van der Waals surface area contributed by atoms with Gasteiger partial charge in [-0.25, -0.2) is 4.99 Å². The second-order valence-corrected chi connectivity index (χ2v) is 5.79.